The van der Waals surface area contributed by atoms with E-state index >= 15 is 0 Å². The Morgan fingerprint density at radius 1 is 1.42 bits per heavy atom. The number of halogens is 2. The molecular weight excluding hydrogens is 315 g/mol. The zero-order valence-electron chi connectivity index (χ0n) is 10.4. The molecule has 0 radical (unpaired) electrons. The lowest BCUT2D eigenvalue weighted by molar-refractivity contribution is -0.120. The van der Waals surface area contributed by atoms with Gasteiger partial charge in [0.1, 0.15) is 5.82 Å². The number of benzene rings is 1. The van der Waals surface area contributed by atoms with E-state index in [9.17, 15) is 9.18 Å². The molecule has 0 spiro atoms. The minimum atomic E-state index is -0.316. The second-order valence-electron chi connectivity index (χ2n) is 4.43. The van der Waals surface area contributed by atoms with Crippen molar-refractivity contribution in [3.63, 3.8) is 0 Å². The molecule has 0 bridgehead atoms. The summed E-state index contributed by atoms with van der Waals surface area (Å²) in [5, 5.41) is 5.92. The van der Waals surface area contributed by atoms with Crippen LogP contribution < -0.4 is 10.6 Å². The van der Waals surface area contributed by atoms with Crippen molar-refractivity contribution in [2.24, 2.45) is 0 Å². The summed E-state index contributed by atoms with van der Waals surface area (Å²) in [5.41, 5.74) is 0.698. The average molecular weight is 331 g/mol. The molecule has 1 aromatic rings. The van der Waals surface area contributed by atoms with Gasteiger partial charge in [-0.2, -0.15) is 0 Å². The number of anilines is 1. The van der Waals surface area contributed by atoms with Crippen LogP contribution in [-0.2, 0) is 9.53 Å². The van der Waals surface area contributed by atoms with Gasteiger partial charge in [-0.05, 0) is 47.0 Å². The SMILES string of the molecule is O=C(CNc1ccc(F)cc1Br)NC1CCOCC1. The molecule has 104 valence electrons. The number of carbonyl (C=O) groups is 1. The summed E-state index contributed by atoms with van der Waals surface area (Å²) in [6.45, 7) is 1.56. The summed E-state index contributed by atoms with van der Waals surface area (Å²) in [6.07, 6.45) is 1.71. The molecule has 6 heteroatoms. The maximum absolute atomic E-state index is 12.9. The van der Waals surface area contributed by atoms with E-state index < -0.39 is 0 Å². The summed E-state index contributed by atoms with van der Waals surface area (Å²) < 4.78 is 18.7. The Morgan fingerprint density at radius 2 is 2.16 bits per heavy atom. The van der Waals surface area contributed by atoms with Crippen molar-refractivity contribution in [1.82, 2.24) is 5.32 Å². The predicted octanol–water partition coefficient (Wildman–Crippen LogP) is 2.30. The molecule has 1 aromatic carbocycles. The van der Waals surface area contributed by atoms with Crippen LogP contribution in [0.4, 0.5) is 10.1 Å². The Kier molecular flexibility index (Phi) is 5.15. The van der Waals surface area contributed by atoms with E-state index in [4.69, 9.17) is 4.74 Å². The number of ether oxygens (including phenoxy) is 1. The topological polar surface area (TPSA) is 50.4 Å². The molecule has 4 nitrogen and oxygen atoms in total. The molecular formula is C13H16BrFN2O2. The van der Waals surface area contributed by atoms with E-state index in [1.165, 1.54) is 12.1 Å². The van der Waals surface area contributed by atoms with Gasteiger partial charge in [-0.25, -0.2) is 4.39 Å². The first kappa shape index (κ1) is 14.3. The third kappa shape index (κ3) is 4.47. The van der Waals surface area contributed by atoms with Gasteiger partial charge in [0.2, 0.25) is 5.91 Å². The Hall–Kier alpha value is -1.14. The van der Waals surface area contributed by atoms with E-state index in [-0.39, 0.29) is 24.3 Å². The van der Waals surface area contributed by atoms with Crippen LogP contribution in [-0.4, -0.2) is 31.7 Å². The van der Waals surface area contributed by atoms with Crippen LogP contribution in [0.15, 0.2) is 22.7 Å². The van der Waals surface area contributed by atoms with Gasteiger partial charge in [0.05, 0.1) is 6.54 Å². The largest absolute Gasteiger partial charge is 0.381 e. The molecule has 2 N–H and O–H groups in total. The van der Waals surface area contributed by atoms with Crippen molar-refractivity contribution in [3.8, 4) is 0 Å². The monoisotopic (exact) mass is 330 g/mol. The number of nitrogens with one attached hydrogen (secondary N) is 2. The van der Waals surface area contributed by atoms with Gasteiger partial charge in [0.15, 0.2) is 0 Å². The summed E-state index contributed by atoms with van der Waals surface area (Å²) in [7, 11) is 0. The van der Waals surface area contributed by atoms with Gasteiger partial charge >= 0.3 is 0 Å². The molecule has 2 rings (SSSR count). The van der Waals surface area contributed by atoms with Crippen molar-refractivity contribution in [1.29, 1.82) is 0 Å². The van der Waals surface area contributed by atoms with Crippen molar-refractivity contribution in [2.45, 2.75) is 18.9 Å². The molecule has 1 aliphatic heterocycles. The molecule has 1 aliphatic rings. The normalized spacial score (nSPS) is 16.1. The molecule has 0 aromatic heterocycles. The highest BCUT2D eigenvalue weighted by Gasteiger charge is 2.15. The molecule has 0 aliphatic carbocycles. The number of hydrogen-bond donors (Lipinski definition) is 2. The fourth-order valence-electron chi connectivity index (χ4n) is 1.93. The summed E-state index contributed by atoms with van der Waals surface area (Å²) >= 11 is 3.25. The lowest BCUT2D eigenvalue weighted by Gasteiger charge is -2.23. The number of hydrogen-bond acceptors (Lipinski definition) is 3. The Labute approximate surface area is 119 Å². The van der Waals surface area contributed by atoms with Gasteiger partial charge in [0.25, 0.3) is 0 Å². The molecule has 1 fully saturated rings. The van der Waals surface area contributed by atoms with Crippen molar-refractivity contribution in [3.05, 3.63) is 28.5 Å². The Bertz CT molecular complexity index is 450. The lowest BCUT2D eigenvalue weighted by atomic mass is 10.1. The third-order valence-corrected chi connectivity index (χ3v) is 3.61. The van der Waals surface area contributed by atoms with Crippen LogP contribution in [0.1, 0.15) is 12.8 Å². The molecule has 0 atom stereocenters. The number of amides is 1. The van der Waals surface area contributed by atoms with E-state index in [1.54, 1.807) is 6.07 Å². The van der Waals surface area contributed by atoms with Crippen LogP contribution in [0, 0.1) is 5.82 Å². The Balaban J connectivity index is 1.79. The second-order valence-corrected chi connectivity index (χ2v) is 5.29. The van der Waals surface area contributed by atoms with Gasteiger partial charge < -0.3 is 15.4 Å². The maximum atomic E-state index is 12.9. The van der Waals surface area contributed by atoms with Crippen LogP contribution in [0.2, 0.25) is 0 Å². The van der Waals surface area contributed by atoms with Crippen molar-refractivity contribution in [2.75, 3.05) is 25.1 Å². The Morgan fingerprint density at radius 3 is 2.84 bits per heavy atom. The fraction of sp³-hybridized carbons (Fsp3) is 0.462. The summed E-state index contributed by atoms with van der Waals surface area (Å²) in [6, 6.07) is 4.50. The van der Waals surface area contributed by atoms with Crippen LogP contribution in [0.3, 0.4) is 0 Å². The molecule has 1 heterocycles. The first-order valence-electron chi connectivity index (χ1n) is 6.21. The summed E-state index contributed by atoms with van der Waals surface area (Å²) in [5.74, 6) is -0.382. The molecule has 0 unspecified atom stereocenters. The van der Waals surface area contributed by atoms with Crippen LogP contribution in [0.25, 0.3) is 0 Å². The third-order valence-electron chi connectivity index (χ3n) is 2.96. The highest BCUT2D eigenvalue weighted by atomic mass is 79.9. The minimum Gasteiger partial charge on any atom is -0.381 e. The minimum absolute atomic E-state index is 0.0666. The van der Waals surface area contributed by atoms with E-state index in [0.717, 1.165) is 12.8 Å². The van der Waals surface area contributed by atoms with E-state index in [0.29, 0.717) is 23.4 Å². The van der Waals surface area contributed by atoms with Crippen molar-refractivity contribution >= 4 is 27.5 Å². The smallest absolute Gasteiger partial charge is 0.239 e. The molecule has 0 saturated carbocycles. The van der Waals surface area contributed by atoms with Crippen LogP contribution >= 0.6 is 15.9 Å². The summed E-state index contributed by atoms with van der Waals surface area (Å²) in [4.78, 5) is 11.8. The van der Waals surface area contributed by atoms with Gasteiger partial charge in [0, 0.05) is 29.4 Å². The van der Waals surface area contributed by atoms with Gasteiger partial charge in [-0.3, -0.25) is 4.79 Å². The van der Waals surface area contributed by atoms with E-state index in [2.05, 4.69) is 26.6 Å². The first-order valence-corrected chi connectivity index (χ1v) is 7.00. The molecule has 19 heavy (non-hydrogen) atoms. The fourth-order valence-corrected chi connectivity index (χ4v) is 2.42. The molecule has 1 saturated heterocycles. The van der Waals surface area contributed by atoms with E-state index in [1.807, 2.05) is 0 Å². The highest BCUT2D eigenvalue weighted by molar-refractivity contribution is 9.10. The maximum Gasteiger partial charge on any atom is 0.239 e. The number of rotatable bonds is 4. The van der Waals surface area contributed by atoms with Crippen molar-refractivity contribution < 1.29 is 13.9 Å². The average Bonchev–Trinajstić information content (AvgIpc) is 2.39. The zero-order chi connectivity index (χ0) is 13.7. The lowest BCUT2D eigenvalue weighted by Crippen LogP contribution is -2.41. The second kappa shape index (κ2) is 6.86. The standard InChI is InChI=1S/C13H16BrFN2O2/c14-11-7-9(15)1-2-12(11)16-8-13(18)17-10-3-5-19-6-4-10/h1-2,7,10,16H,3-6,8H2,(H,17,18). The predicted molar refractivity (Wildman–Crippen MR) is 74.6 cm³/mol. The number of carbonyl (C=O) groups excluding carboxylic acids is 1. The molecule has 1 amide bonds. The quantitative estimate of drug-likeness (QED) is 0.890. The first-order chi connectivity index (χ1) is 9.15. The highest BCUT2D eigenvalue weighted by Crippen LogP contribution is 2.22. The van der Waals surface area contributed by atoms with Gasteiger partial charge in [-0.15, -0.1) is 0 Å². The zero-order valence-corrected chi connectivity index (χ0v) is 12.0. The van der Waals surface area contributed by atoms with Crippen LogP contribution in [0.5, 0.6) is 0 Å². The van der Waals surface area contributed by atoms with Gasteiger partial charge in [-0.1, -0.05) is 0 Å².